The van der Waals surface area contributed by atoms with Crippen LogP contribution in [0, 0.1) is 0 Å². The van der Waals surface area contributed by atoms with Gasteiger partial charge in [0.15, 0.2) is 0 Å². The summed E-state index contributed by atoms with van der Waals surface area (Å²) in [6.45, 7) is 3.57. The third kappa shape index (κ3) is 4.37. The van der Waals surface area contributed by atoms with Gasteiger partial charge in [-0.15, -0.1) is 0 Å². The van der Waals surface area contributed by atoms with Crippen molar-refractivity contribution in [2.75, 3.05) is 44.0 Å². The highest BCUT2D eigenvalue weighted by atomic mass is 16.5. The van der Waals surface area contributed by atoms with Crippen molar-refractivity contribution in [3.63, 3.8) is 0 Å². The Bertz CT molecular complexity index is 697. The molecule has 0 radical (unpaired) electrons. The van der Waals surface area contributed by atoms with Crippen LogP contribution in [0.15, 0.2) is 36.5 Å². The molecular weight excluding hydrogens is 318 g/mol. The predicted molar refractivity (Wildman–Crippen MR) is 97.6 cm³/mol. The maximum Gasteiger partial charge on any atom is 0.221 e. The summed E-state index contributed by atoms with van der Waals surface area (Å²) in [6.07, 6.45) is 2.41. The number of aliphatic hydroxyl groups excluding tert-OH is 1. The largest absolute Gasteiger partial charge is 0.497 e. The van der Waals surface area contributed by atoms with Crippen LogP contribution >= 0.6 is 0 Å². The van der Waals surface area contributed by atoms with Crippen LogP contribution in [0.5, 0.6) is 5.75 Å². The van der Waals surface area contributed by atoms with Gasteiger partial charge in [0.1, 0.15) is 11.6 Å². The number of nitrogens with two attached hydrogens (primary N) is 1. The van der Waals surface area contributed by atoms with Crippen molar-refractivity contribution in [3.8, 4) is 5.75 Å². The second-order valence-electron chi connectivity index (χ2n) is 6.21. The smallest absolute Gasteiger partial charge is 0.221 e. The van der Waals surface area contributed by atoms with E-state index in [1.807, 2.05) is 18.2 Å². The molecule has 134 valence electrons. The SMILES string of the molecule is COc1cccc(CN2CCN(c3ccnc(N)n3)CC2CCO)c1. The molecule has 1 saturated heterocycles. The van der Waals surface area contributed by atoms with Crippen molar-refractivity contribution >= 4 is 11.8 Å². The molecule has 1 aliphatic rings. The summed E-state index contributed by atoms with van der Waals surface area (Å²) in [5, 5.41) is 9.47. The summed E-state index contributed by atoms with van der Waals surface area (Å²) in [5.74, 6) is 2.00. The van der Waals surface area contributed by atoms with Gasteiger partial charge in [-0.25, -0.2) is 4.98 Å². The monoisotopic (exact) mass is 343 g/mol. The number of aliphatic hydroxyl groups is 1. The molecule has 0 bridgehead atoms. The Hall–Kier alpha value is -2.38. The fourth-order valence-electron chi connectivity index (χ4n) is 3.28. The highest BCUT2D eigenvalue weighted by molar-refractivity contribution is 5.41. The molecule has 7 heteroatoms. The molecule has 25 heavy (non-hydrogen) atoms. The van der Waals surface area contributed by atoms with E-state index in [-0.39, 0.29) is 18.6 Å². The Morgan fingerprint density at radius 2 is 2.20 bits per heavy atom. The lowest BCUT2D eigenvalue weighted by Gasteiger charge is -2.42. The number of piperazine rings is 1. The van der Waals surface area contributed by atoms with E-state index in [4.69, 9.17) is 10.5 Å². The summed E-state index contributed by atoms with van der Waals surface area (Å²) >= 11 is 0. The maximum atomic E-state index is 9.47. The minimum absolute atomic E-state index is 0.166. The second kappa shape index (κ2) is 8.13. The van der Waals surface area contributed by atoms with Crippen molar-refractivity contribution in [2.24, 2.45) is 0 Å². The Kier molecular flexibility index (Phi) is 5.67. The summed E-state index contributed by atoms with van der Waals surface area (Å²) in [6, 6.07) is 10.3. The molecule has 7 nitrogen and oxygen atoms in total. The zero-order valence-electron chi connectivity index (χ0n) is 14.5. The highest BCUT2D eigenvalue weighted by Crippen LogP contribution is 2.22. The first-order valence-electron chi connectivity index (χ1n) is 8.51. The zero-order chi connectivity index (χ0) is 17.6. The highest BCUT2D eigenvalue weighted by Gasteiger charge is 2.27. The van der Waals surface area contributed by atoms with E-state index >= 15 is 0 Å². The van der Waals surface area contributed by atoms with Crippen LogP contribution in [0.3, 0.4) is 0 Å². The Morgan fingerprint density at radius 1 is 1.32 bits per heavy atom. The lowest BCUT2D eigenvalue weighted by atomic mass is 10.1. The number of methoxy groups -OCH3 is 1. The number of aromatic nitrogens is 2. The summed E-state index contributed by atoms with van der Waals surface area (Å²) in [5.41, 5.74) is 6.91. The second-order valence-corrected chi connectivity index (χ2v) is 6.21. The van der Waals surface area contributed by atoms with Gasteiger partial charge in [-0.2, -0.15) is 4.98 Å². The van der Waals surface area contributed by atoms with E-state index < -0.39 is 0 Å². The van der Waals surface area contributed by atoms with Crippen molar-refractivity contribution in [3.05, 3.63) is 42.1 Å². The fraction of sp³-hybridized carbons (Fsp3) is 0.444. The van der Waals surface area contributed by atoms with Crippen LogP contribution in [0.2, 0.25) is 0 Å². The van der Waals surface area contributed by atoms with Crippen LogP contribution in [0.4, 0.5) is 11.8 Å². The molecule has 2 heterocycles. The number of rotatable bonds is 6. The number of nitrogen functional groups attached to an aromatic ring is 1. The summed E-state index contributed by atoms with van der Waals surface area (Å²) < 4.78 is 5.31. The molecule has 1 aromatic carbocycles. The predicted octanol–water partition coefficient (Wildman–Crippen LogP) is 1.14. The first-order valence-corrected chi connectivity index (χ1v) is 8.51. The summed E-state index contributed by atoms with van der Waals surface area (Å²) in [4.78, 5) is 12.9. The number of benzene rings is 1. The molecule has 0 aliphatic carbocycles. The van der Waals surface area contributed by atoms with Crippen LogP contribution in [0.25, 0.3) is 0 Å². The van der Waals surface area contributed by atoms with Gasteiger partial charge in [-0.1, -0.05) is 12.1 Å². The first-order chi connectivity index (χ1) is 12.2. The zero-order valence-corrected chi connectivity index (χ0v) is 14.5. The van der Waals surface area contributed by atoms with Crippen molar-refractivity contribution in [2.45, 2.75) is 19.0 Å². The number of hydrogen-bond acceptors (Lipinski definition) is 7. The van der Waals surface area contributed by atoms with E-state index in [1.54, 1.807) is 13.3 Å². The molecule has 3 N–H and O–H groups in total. The molecule has 1 aliphatic heterocycles. The minimum Gasteiger partial charge on any atom is -0.497 e. The third-order valence-corrected chi connectivity index (χ3v) is 4.57. The van der Waals surface area contributed by atoms with Gasteiger partial charge in [0.05, 0.1) is 7.11 Å². The number of anilines is 2. The molecule has 3 rings (SSSR count). The maximum absolute atomic E-state index is 9.47. The van der Waals surface area contributed by atoms with E-state index in [0.29, 0.717) is 0 Å². The van der Waals surface area contributed by atoms with Crippen molar-refractivity contribution < 1.29 is 9.84 Å². The average molecular weight is 343 g/mol. The van der Waals surface area contributed by atoms with Crippen LogP contribution in [-0.2, 0) is 6.54 Å². The van der Waals surface area contributed by atoms with Gasteiger partial charge < -0.3 is 20.5 Å². The number of hydrogen-bond donors (Lipinski definition) is 2. The molecular formula is C18H25N5O2. The average Bonchev–Trinajstić information content (AvgIpc) is 2.63. The fourth-order valence-corrected chi connectivity index (χ4v) is 3.28. The van der Waals surface area contributed by atoms with Crippen molar-refractivity contribution in [1.29, 1.82) is 0 Å². The third-order valence-electron chi connectivity index (χ3n) is 4.57. The molecule has 1 fully saturated rings. The summed E-state index contributed by atoms with van der Waals surface area (Å²) in [7, 11) is 1.68. The first kappa shape index (κ1) is 17.4. The normalized spacial score (nSPS) is 18.3. The lowest BCUT2D eigenvalue weighted by Crippen LogP contribution is -2.53. The molecule has 0 amide bonds. The van der Waals surface area contributed by atoms with E-state index in [0.717, 1.165) is 44.2 Å². The van der Waals surface area contributed by atoms with Gasteiger partial charge in [0.25, 0.3) is 0 Å². The number of nitrogens with zero attached hydrogens (tertiary/aromatic N) is 4. The molecule has 1 unspecified atom stereocenters. The van der Waals surface area contributed by atoms with Gasteiger partial charge in [-0.3, -0.25) is 4.90 Å². The minimum atomic E-state index is 0.166. The van der Waals surface area contributed by atoms with Crippen LogP contribution in [-0.4, -0.2) is 59.4 Å². The Morgan fingerprint density at radius 3 is 2.96 bits per heavy atom. The number of ether oxygens (including phenoxy) is 1. The lowest BCUT2D eigenvalue weighted by molar-refractivity contribution is 0.135. The molecule has 0 spiro atoms. The van der Waals surface area contributed by atoms with Crippen molar-refractivity contribution in [1.82, 2.24) is 14.9 Å². The quantitative estimate of drug-likeness (QED) is 0.813. The topological polar surface area (TPSA) is 87.7 Å². The van der Waals surface area contributed by atoms with Gasteiger partial charge in [0, 0.05) is 45.0 Å². The van der Waals surface area contributed by atoms with Crippen LogP contribution < -0.4 is 15.4 Å². The molecule has 0 saturated carbocycles. The Balaban J connectivity index is 1.71. The molecule has 2 aromatic rings. The molecule has 1 atom stereocenters. The van der Waals surface area contributed by atoms with Gasteiger partial charge in [-0.05, 0) is 30.2 Å². The van der Waals surface area contributed by atoms with Crippen LogP contribution in [0.1, 0.15) is 12.0 Å². The van der Waals surface area contributed by atoms with E-state index in [2.05, 4.69) is 31.9 Å². The van der Waals surface area contributed by atoms with E-state index in [9.17, 15) is 5.11 Å². The van der Waals surface area contributed by atoms with E-state index in [1.165, 1.54) is 5.56 Å². The Labute approximate surface area is 148 Å². The standard InChI is InChI=1S/C18H25N5O2/c1-25-16-4-2-3-14(11-16)12-22-8-9-23(13-15(22)6-10-24)17-5-7-20-18(19)21-17/h2-5,7,11,15,24H,6,8-10,12-13H2,1H3,(H2,19,20,21). The van der Waals surface area contributed by atoms with Gasteiger partial charge in [0.2, 0.25) is 5.95 Å². The molecule has 1 aromatic heterocycles. The van der Waals surface area contributed by atoms with Gasteiger partial charge >= 0.3 is 0 Å².